The van der Waals surface area contributed by atoms with E-state index in [-0.39, 0.29) is 0 Å². The van der Waals surface area contributed by atoms with Crippen LogP contribution in [0.4, 0.5) is 0 Å². The minimum absolute atomic E-state index is 0.344. The molecule has 0 heterocycles. The normalized spacial score (nSPS) is 12.5. The van der Waals surface area contributed by atoms with Gasteiger partial charge in [0.25, 0.3) is 0 Å². The average molecular weight is 301 g/mol. The van der Waals surface area contributed by atoms with Crippen LogP contribution in [0.15, 0.2) is 22.7 Å². The first kappa shape index (κ1) is 14.0. The molecule has 0 fully saturated rings. The van der Waals surface area contributed by atoms with Gasteiger partial charge in [0.15, 0.2) is 0 Å². The van der Waals surface area contributed by atoms with Gasteiger partial charge in [-0.2, -0.15) is 0 Å². The van der Waals surface area contributed by atoms with E-state index in [1.807, 2.05) is 26.0 Å². The monoisotopic (exact) mass is 300 g/mol. The Bertz CT molecular complexity index is 402. The van der Waals surface area contributed by atoms with Gasteiger partial charge in [0.2, 0.25) is 0 Å². The second kappa shape index (κ2) is 6.05. The van der Waals surface area contributed by atoms with Gasteiger partial charge >= 0.3 is 5.97 Å². The lowest BCUT2D eigenvalue weighted by molar-refractivity contribution is -0.139. The molecule has 0 radical (unpaired) electrons. The van der Waals surface area contributed by atoms with Crippen molar-refractivity contribution in [1.82, 2.24) is 0 Å². The standard InChI is InChI=1S/C13H17BrO3/c1-8(2)6-10(13(15)16)9-4-5-12(17-3)11(14)7-9/h4-5,7-8,10H,6H2,1-3H3,(H,15,16)/t10-/m0/s1. The number of halogens is 1. The summed E-state index contributed by atoms with van der Waals surface area (Å²) in [5, 5.41) is 9.25. The molecule has 0 aliphatic rings. The highest BCUT2D eigenvalue weighted by atomic mass is 79.9. The van der Waals surface area contributed by atoms with Gasteiger partial charge in [-0.25, -0.2) is 0 Å². The second-order valence-corrected chi connectivity index (χ2v) is 5.27. The Morgan fingerprint density at radius 2 is 2.12 bits per heavy atom. The van der Waals surface area contributed by atoms with Gasteiger partial charge in [0.1, 0.15) is 5.75 Å². The number of methoxy groups -OCH3 is 1. The molecular weight excluding hydrogens is 284 g/mol. The summed E-state index contributed by atoms with van der Waals surface area (Å²) in [5.74, 6) is -0.188. The Kier molecular flexibility index (Phi) is 5.00. The van der Waals surface area contributed by atoms with Crippen LogP contribution in [-0.2, 0) is 4.79 Å². The van der Waals surface area contributed by atoms with Crippen molar-refractivity contribution >= 4 is 21.9 Å². The van der Waals surface area contributed by atoms with Crippen molar-refractivity contribution in [2.45, 2.75) is 26.2 Å². The van der Waals surface area contributed by atoms with Crippen molar-refractivity contribution in [1.29, 1.82) is 0 Å². The van der Waals surface area contributed by atoms with Crippen LogP contribution in [0.5, 0.6) is 5.75 Å². The lowest BCUT2D eigenvalue weighted by Gasteiger charge is -2.16. The molecule has 1 aromatic carbocycles. The third-order valence-corrected chi connectivity index (χ3v) is 3.20. The van der Waals surface area contributed by atoms with E-state index in [0.717, 1.165) is 10.0 Å². The minimum Gasteiger partial charge on any atom is -0.496 e. The number of hydrogen-bond donors (Lipinski definition) is 1. The van der Waals surface area contributed by atoms with Crippen molar-refractivity contribution in [2.24, 2.45) is 5.92 Å². The Morgan fingerprint density at radius 1 is 1.47 bits per heavy atom. The molecule has 1 rings (SSSR count). The number of carboxylic acids is 1. The number of carbonyl (C=O) groups is 1. The Balaban J connectivity index is 3.02. The van der Waals surface area contributed by atoms with Crippen LogP contribution in [-0.4, -0.2) is 18.2 Å². The number of aliphatic carboxylic acids is 1. The molecule has 0 aliphatic heterocycles. The summed E-state index contributed by atoms with van der Waals surface area (Å²) in [5.41, 5.74) is 0.805. The molecule has 4 heteroatoms. The van der Waals surface area contributed by atoms with Crippen LogP contribution in [0.1, 0.15) is 31.7 Å². The highest BCUT2D eigenvalue weighted by Crippen LogP contribution is 2.31. The molecule has 0 aliphatic carbocycles. The molecule has 1 N–H and O–H groups in total. The maximum atomic E-state index is 11.3. The summed E-state index contributed by atoms with van der Waals surface area (Å²) in [6, 6.07) is 5.42. The van der Waals surface area contributed by atoms with E-state index in [1.54, 1.807) is 13.2 Å². The highest BCUT2D eigenvalue weighted by molar-refractivity contribution is 9.10. The van der Waals surface area contributed by atoms with Crippen molar-refractivity contribution in [3.63, 3.8) is 0 Å². The summed E-state index contributed by atoms with van der Waals surface area (Å²) < 4.78 is 5.91. The molecule has 0 unspecified atom stereocenters. The molecule has 3 nitrogen and oxygen atoms in total. The lowest BCUT2D eigenvalue weighted by atomic mass is 9.90. The Morgan fingerprint density at radius 3 is 2.53 bits per heavy atom. The van der Waals surface area contributed by atoms with Crippen molar-refractivity contribution in [3.8, 4) is 5.75 Å². The molecule has 0 saturated heterocycles. The predicted molar refractivity (Wildman–Crippen MR) is 70.5 cm³/mol. The summed E-state index contributed by atoms with van der Waals surface area (Å²) in [6.45, 7) is 4.04. The van der Waals surface area contributed by atoms with E-state index in [4.69, 9.17) is 4.74 Å². The first-order valence-electron chi connectivity index (χ1n) is 5.52. The van der Waals surface area contributed by atoms with Crippen molar-refractivity contribution in [3.05, 3.63) is 28.2 Å². The zero-order valence-electron chi connectivity index (χ0n) is 10.2. The molecule has 0 spiro atoms. The quantitative estimate of drug-likeness (QED) is 0.902. The Hall–Kier alpha value is -1.03. The van der Waals surface area contributed by atoms with Crippen LogP contribution >= 0.6 is 15.9 Å². The van der Waals surface area contributed by atoms with Crippen molar-refractivity contribution in [2.75, 3.05) is 7.11 Å². The summed E-state index contributed by atoms with van der Waals surface area (Å²) >= 11 is 3.37. The van der Waals surface area contributed by atoms with E-state index in [1.165, 1.54) is 0 Å². The molecule has 1 atom stereocenters. The van der Waals surface area contributed by atoms with E-state index in [0.29, 0.717) is 18.1 Å². The zero-order chi connectivity index (χ0) is 13.0. The second-order valence-electron chi connectivity index (χ2n) is 4.41. The van der Waals surface area contributed by atoms with Gasteiger partial charge in [0.05, 0.1) is 17.5 Å². The molecule has 0 aromatic heterocycles. The number of benzene rings is 1. The third kappa shape index (κ3) is 3.73. The fourth-order valence-corrected chi connectivity index (χ4v) is 2.31. The average Bonchev–Trinajstić information content (AvgIpc) is 2.25. The van der Waals surface area contributed by atoms with Crippen LogP contribution in [0, 0.1) is 5.92 Å². The van der Waals surface area contributed by atoms with Gasteiger partial charge in [-0.05, 0) is 46.0 Å². The van der Waals surface area contributed by atoms with E-state index < -0.39 is 11.9 Å². The van der Waals surface area contributed by atoms with Crippen LogP contribution in [0.3, 0.4) is 0 Å². The maximum Gasteiger partial charge on any atom is 0.310 e. The number of hydrogen-bond acceptors (Lipinski definition) is 2. The van der Waals surface area contributed by atoms with E-state index in [9.17, 15) is 9.90 Å². The SMILES string of the molecule is COc1ccc([C@H](CC(C)C)C(=O)O)cc1Br. The Labute approximate surface area is 110 Å². The van der Waals surface area contributed by atoms with Crippen LogP contribution < -0.4 is 4.74 Å². The van der Waals surface area contributed by atoms with Gasteiger partial charge < -0.3 is 9.84 Å². The maximum absolute atomic E-state index is 11.3. The first-order chi connectivity index (χ1) is 7.95. The molecule has 0 amide bonds. The fraction of sp³-hybridized carbons (Fsp3) is 0.462. The molecule has 94 valence electrons. The van der Waals surface area contributed by atoms with Gasteiger partial charge in [-0.15, -0.1) is 0 Å². The van der Waals surface area contributed by atoms with Crippen LogP contribution in [0.25, 0.3) is 0 Å². The first-order valence-corrected chi connectivity index (χ1v) is 6.31. The highest BCUT2D eigenvalue weighted by Gasteiger charge is 2.21. The van der Waals surface area contributed by atoms with Crippen molar-refractivity contribution < 1.29 is 14.6 Å². The largest absolute Gasteiger partial charge is 0.496 e. The molecule has 0 bridgehead atoms. The number of ether oxygens (including phenoxy) is 1. The van der Waals surface area contributed by atoms with Gasteiger partial charge in [-0.1, -0.05) is 19.9 Å². The van der Waals surface area contributed by atoms with Gasteiger partial charge in [0, 0.05) is 0 Å². The van der Waals surface area contributed by atoms with Crippen LogP contribution in [0.2, 0.25) is 0 Å². The fourth-order valence-electron chi connectivity index (χ4n) is 1.75. The summed E-state index contributed by atoms with van der Waals surface area (Å²) in [6.07, 6.45) is 0.633. The predicted octanol–water partition coefficient (Wildman–Crippen LogP) is 3.67. The zero-order valence-corrected chi connectivity index (χ0v) is 11.8. The van der Waals surface area contributed by atoms with E-state index in [2.05, 4.69) is 15.9 Å². The molecule has 0 saturated carbocycles. The molecular formula is C13H17BrO3. The summed E-state index contributed by atoms with van der Waals surface area (Å²) in [4.78, 5) is 11.3. The topological polar surface area (TPSA) is 46.5 Å². The van der Waals surface area contributed by atoms with E-state index >= 15 is 0 Å². The number of carboxylic acid groups (broad SMARTS) is 1. The molecule has 17 heavy (non-hydrogen) atoms. The summed E-state index contributed by atoms with van der Waals surface area (Å²) in [7, 11) is 1.59. The van der Waals surface area contributed by atoms with Gasteiger partial charge in [-0.3, -0.25) is 4.79 Å². The third-order valence-electron chi connectivity index (χ3n) is 2.58. The number of rotatable bonds is 5. The lowest BCUT2D eigenvalue weighted by Crippen LogP contribution is -2.14. The minimum atomic E-state index is -0.782. The smallest absolute Gasteiger partial charge is 0.310 e. The molecule has 1 aromatic rings.